The first kappa shape index (κ1) is 18.2. The zero-order chi connectivity index (χ0) is 19.0. The summed E-state index contributed by atoms with van der Waals surface area (Å²) in [6, 6.07) is 14.3. The highest BCUT2D eigenvalue weighted by molar-refractivity contribution is 7.89. The average molecular weight is 385 g/mol. The topological polar surface area (TPSA) is 66.5 Å². The van der Waals surface area contributed by atoms with Crippen LogP contribution in [0.25, 0.3) is 0 Å². The summed E-state index contributed by atoms with van der Waals surface area (Å²) < 4.78 is 28.2. The third-order valence-corrected chi connectivity index (χ3v) is 7.01. The molecule has 0 bridgehead atoms. The summed E-state index contributed by atoms with van der Waals surface area (Å²) in [5.41, 5.74) is 2.45. The zero-order valence-electron chi connectivity index (χ0n) is 15.4. The van der Waals surface area contributed by atoms with Gasteiger partial charge in [-0.15, -0.1) is 0 Å². The monoisotopic (exact) mass is 384 g/mol. The minimum absolute atomic E-state index is 0.000149. The Kier molecular flexibility index (Phi) is 4.78. The Bertz CT molecular complexity index is 965. The number of anilines is 1. The van der Waals surface area contributed by atoms with Crippen molar-refractivity contribution >= 4 is 21.6 Å². The highest BCUT2D eigenvalue weighted by atomic mass is 32.2. The van der Waals surface area contributed by atoms with Gasteiger partial charge in [-0.3, -0.25) is 4.79 Å². The van der Waals surface area contributed by atoms with Gasteiger partial charge in [0, 0.05) is 23.3 Å². The number of sulfonamides is 1. The van der Waals surface area contributed by atoms with Gasteiger partial charge in [0.1, 0.15) is 0 Å². The molecule has 142 valence electrons. The lowest BCUT2D eigenvalue weighted by Crippen LogP contribution is -2.36. The molecule has 4 rings (SSSR count). The Morgan fingerprint density at radius 2 is 1.81 bits per heavy atom. The van der Waals surface area contributed by atoms with Crippen LogP contribution in [0.3, 0.4) is 0 Å². The Labute approximate surface area is 160 Å². The fourth-order valence-electron chi connectivity index (χ4n) is 4.14. The van der Waals surface area contributed by atoms with Gasteiger partial charge in [-0.25, -0.2) is 13.1 Å². The summed E-state index contributed by atoms with van der Waals surface area (Å²) in [6.07, 6.45) is 4.67. The van der Waals surface area contributed by atoms with Crippen molar-refractivity contribution in [1.82, 2.24) is 4.72 Å². The summed E-state index contributed by atoms with van der Waals surface area (Å²) in [5.74, 6) is -0.162. The summed E-state index contributed by atoms with van der Waals surface area (Å²) in [4.78, 5) is 15.1. The first-order valence-electron chi connectivity index (χ1n) is 9.49. The molecule has 1 unspecified atom stereocenters. The molecule has 1 aliphatic heterocycles. The molecule has 27 heavy (non-hydrogen) atoms. The molecule has 1 amide bonds. The van der Waals surface area contributed by atoms with E-state index < -0.39 is 10.0 Å². The van der Waals surface area contributed by atoms with Gasteiger partial charge in [-0.05, 0) is 56.0 Å². The quantitative estimate of drug-likeness (QED) is 0.877. The average Bonchev–Trinajstić information content (AvgIpc) is 3.27. The van der Waals surface area contributed by atoms with Gasteiger partial charge in [-0.2, -0.15) is 0 Å². The summed E-state index contributed by atoms with van der Waals surface area (Å²) in [7, 11) is -3.62. The second-order valence-electron chi connectivity index (χ2n) is 7.49. The van der Waals surface area contributed by atoms with Crippen molar-refractivity contribution in [1.29, 1.82) is 0 Å². The van der Waals surface area contributed by atoms with Crippen molar-refractivity contribution in [2.75, 3.05) is 4.90 Å². The van der Waals surface area contributed by atoms with Gasteiger partial charge in [0.15, 0.2) is 0 Å². The molecule has 5 nitrogen and oxygen atoms in total. The molecule has 0 aromatic heterocycles. The first-order valence-corrected chi connectivity index (χ1v) is 11.0. The Morgan fingerprint density at radius 1 is 1.07 bits per heavy atom. The van der Waals surface area contributed by atoms with Gasteiger partial charge in [0.05, 0.1) is 4.90 Å². The van der Waals surface area contributed by atoms with Crippen molar-refractivity contribution in [2.24, 2.45) is 0 Å². The molecule has 0 saturated heterocycles. The largest absolute Gasteiger partial charge is 0.305 e. The fourth-order valence-corrected chi connectivity index (χ4v) is 5.49. The van der Waals surface area contributed by atoms with Gasteiger partial charge >= 0.3 is 0 Å². The van der Waals surface area contributed by atoms with Crippen LogP contribution < -0.4 is 9.62 Å². The van der Waals surface area contributed by atoms with Gasteiger partial charge in [0.2, 0.25) is 10.0 Å². The number of carbonyl (C=O) groups is 1. The minimum Gasteiger partial charge on any atom is -0.305 e. The number of rotatable bonds is 4. The van der Waals surface area contributed by atoms with Crippen LogP contribution >= 0.6 is 0 Å². The number of amides is 1. The number of hydrogen-bond donors (Lipinski definition) is 1. The molecule has 2 aromatic carbocycles. The third kappa shape index (κ3) is 3.51. The lowest BCUT2D eigenvalue weighted by Gasteiger charge is -2.23. The molecule has 1 atom stereocenters. The van der Waals surface area contributed by atoms with E-state index in [0.717, 1.165) is 43.4 Å². The lowest BCUT2D eigenvalue weighted by molar-refractivity contribution is 0.0981. The molecule has 1 N–H and O–H groups in total. The number of nitrogens with zero attached hydrogens (tertiary/aromatic N) is 1. The molecule has 1 saturated carbocycles. The number of benzene rings is 2. The Morgan fingerprint density at radius 3 is 2.59 bits per heavy atom. The number of nitrogens with one attached hydrogen (secondary N) is 1. The van der Waals surface area contributed by atoms with Crippen molar-refractivity contribution < 1.29 is 13.2 Å². The smallest absolute Gasteiger partial charge is 0.258 e. The van der Waals surface area contributed by atoms with E-state index in [9.17, 15) is 13.2 Å². The molecule has 1 aliphatic carbocycles. The second kappa shape index (κ2) is 7.09. The highest BCUT2D eigenvalue weighted by Crippen LogP contribution is 2.33. The third-order valence-electron chi connectivity index (χ3n) is 5.49. The summed E-state index contributed by atoms with van der Waals surface area (Å²) in [6.45, 7) is 2.01. The van der Waals surface area contributed by atoms with Crippen molar-refractivity contribution in [2.45, 2.75) is 56.0 Å². The molecule has 1 fully saturated rings. The van der Waals surface area contributed by atoms with Crippen LogP contribution in [-0.2, 0) is 16.4 Å². The maximum Gasteiger partial charge on any atom is 0.258 e. The maximum atomic E-state index is 13.2. The summed E-state index contributed by atoms with van der Waals surface area (Å²) >= 11 is 0. The normalized spacial score (nSPS) is 20.0. The minimum atomic E-state index is -3.62. The molecule has 1 heterocycles. The molecule has 2 aliphatic rings. The van der Waals surface area contributed by atoms with Crippen LogP contribution in [-0.4, -0.2) is 26.4 Å². The van der Waals surface area contributed by atoms with Crippen LogP contribution in [0.4, 0.5) is 5.69 Å². The number of hydrogen-bond acceptors (Lipinski definition) is 3. The predicted molar refractivity (Wildman–Crippen MR) is 105 cm³/mol. The molecule has 0 spiro atoms. The van der Waals surface area contributed by atoms with E-state index in [1.54, 1.807) is 23.1 Å². The van der Waals surface area contributed by atoms with Crippen LogP contribution in [0.5, 0.6) is 0 Å². The first-order chi connectivity index (χ1) is 13.0. The Hall–Kier alpha value is -2.18. The number of para-hydroxylation sites is 1. The fraction of sp³-hybridized carbons (Fsp3) is 0.381. The number of carbonyl (C=O) groups excluding carboxylic acids is 1. The van der Waals surface area contributed by atoms with Crippen LogP contribution in [0.2, 0.25) is 0 Å². The van der Waals surface area contributed by atoms with Crippen molar-refractivity contribution in [3.05, 3.63) is 59.7 Å². The van der Waals surface area contributed by atoms with Crippen LogP contribution in [0, 0.1) is 0 Å². The van der Waals surface area contributed by atoms with Crippen molar-refractivity contribution in [3.63, 3.8) is 0 Å². The molecule has 2 aromatic rings. The van der Waals surface area contributed by atoms with E-state index in [1.165, 1.54) is 6.07 Å². The van der Waals surface area contributed by atoms with E-state index in [0.29, 0.717) is 5.56 Å². The van der Waals surface area contributed by atoms with Crippen LogP contribution in [0.15, 0.2) is 53.4 Å². The SMILES string of the molecule is CC1Cc2ccccc2N1C(=O)c1cccc(S(=O)(=O)NC2CCCC2)c1. The predicted octanol–water partition coefficient (Wildman–Crippen LogP) is 3.50. The van der Waals surface area contributed by atoms with E-state index in [2.05, 4.69) is 4.72 Å². The van der Waals surface area contributed by atoms with E-state index in [1.807, 2.05) is 31.2 Å². The van der Waals surface area contributed by atoms with E-state index in [4.69, 9.17) is 0 Å². The Balaban J connectivity index is 1.62. The van der Waals surface area contributed by atoms with Crippen molar-refractivity contribution in [3.8, 4) is 0 Å². The molecular weight excluding hydrogens is 360 g/mol. The maximum absolute atomic E-state index is 13.2. The molecule has 6 heteroatoms. The van der Waals surface area contributed by atoms with Gasteiger partial charge in [0.25, 0.3) is 5.91 Å². The highest BCUT2D eigenvalue weighted by Gasteiger charge is 2.32. The molecular formula is C21H24N2O3S. The van der Waals surface area contributed by atoms with Gasteiger partial charge in [-0.1, -0.05) is 37.1 Å². The number of fused-ring (bicyclic) bond motifs is 1. The zero-order valence-corrected chi connectivity index (χ0v) is 16.2. The lowest BCUT2D eigenvalue weighted by atomic mass is 10.1. The van der Waals surface area contributed by atoms with Gasteiger partial charge < -0.3 is 4.90 Å². The van der Waals surface area contributed by atoms with E-state index >= 15 is 0 Å². The second-order valence-corrected chi connectivity index (χ2v) is 9.20. The van der Waals surface area contributed by atoms with E-state index in [-0.39, 0.29) is 22.9 Å². The summed E-state index contributed by atoms with van der Waals surface area (Å²) in [5, 5.41) is 0. The van der Waals surface area contributed by atoms with Crippen LogP contribution in [0.1, 0.15) is 48.5 Å². The molecule has 0 radical (unpaired) electrons. The standard InChI is InChI=1S/C21H24N2O3S/c1-15-13-16-7-2-5-12-20(16)23(15)21(24)17-8-6-11-19(14-17)27(25,26)22-18-9-3-4-10-18/h2,5-8,11-12,14-15,18,22H,3-4,9-10,13H2,1H3.